The number of hydrogen-bond donors (Lipinski definition) is 0. The molecule has 12 heavy (non-hydrogen) atoms. The van der Waals surface area contributed by atoms with E-state index >= 15 is 0 Å². The highest BCUT2D eigenvalue weighted by molar-refractivity contribution is 5.85. The Morgan fingerprint density at radius 2 is 1.75 bits per heavy atom. The van der Waals surface area contributed by atoms with Crippen molar-refractivity contribution in [1.29, 1.82) is 0 Å². The Labute approximate surface area is 71.1 Å². The Bertz CT molecular complexity index is 197. The van der Waals surface area contributed by atoms with Gasteiger partial charge in [0, 0.05) is 12.8 Å². The van der Waals surface area contributed by atoms with Crippen molar-refractivity contribution in [3.05, 3.63) is 0 Å². The van der Waals surface area contributed by atoms with Gasteiger partial charge in [0.2, 0.25) is 5.78 Å². The fourth-order valence-electron chi connectivity index (χ4n) is 1.39. The van der Waals surface area contributed by atoms with Crippen LogP contribution in [0.15, 0.2) is 0 Å². The maximum absolute atomic E-state index is 12.9. The lowest BCUT2D eigenvalue weighted by Crippen LogP contribution is -2.26. The number of carbonyl (C=O) groups excluding carboxylic acids is 1. The van der Waals surface area contributed by atoms with E-state index in [-0.39, 0.29) is 18.3 Å². The first kappa shape index (κ1) is 9.62. The third-order valence-corrected chi connectivity index (χ3v) is 2.55. The van der Waals surface area contributed by atoms with E-state index in [1.54, 1.807) is 0 Å². The first-order valence-electron chi connectivity index (χ1n) is 4.25. The summed E-state index contributed by atoms with van der Waals surface area (Å²) in [4.78, 5) is 10.9. The molecule has 70 valence electrons. The molecule has 0 radical (unpaired) electrons. The Hall–Kier alpha value is -0.470. The SMILES string of the molecule is CC1(C)CCC(=O)C(F)(F)CC1. The number of rotatable bonds is 0. The van der Waals surface area contributed by atoms with Crippen LogP contribution in [0, 0.1) is 5.41 Å². The molecule has 1 saturated carbocycles. The number of Topliss-reactive ketones (excluding diaryl/α,β-unsaturated/α-hetero) is 1. The lowest BCUT2D eigenvalue weighted by atomic mass is 9.85. The predicted octanol–water partition coefficient (Wildman–Crippen LogP) is 2.79. The van der Waals surface area contributed by atoms with Crippen molar-refractivity contribution in [2.24, 2.45) is 5.41 Å². The number of ketones is 1. The Balaban J connectivity index is 2.73. The summed E-state index contributed by atoms with van der Waals surface area (Å²) in [5.74, 6) is -3.94. The monoisotopic (exact) mass is 176 g/mol. The van der Waals surface area contributed by atoms with Gasteiger partial charge in [-0.15, -0.1) is 0 Å². The van der Waals surface area contributed by atoms with Gasteiger partial charge in [-0.3, -0.25) is 4.79 Å². The van der Waals surface area contributed by atoms with E-state index in [2.05, 4.69) is 0 Å². The third-order valence-electron chi connectivity index (χ3n) is 2.55. The molecule has 1 aliphatic carbocycles. The van der Waals surface area contributed by atoms with Crippen molar-refractivity contribution in [1.82, 2.24) is 0 Å². The fraction of sp³-hybridized carbons (Fsp3) is 0.889. The number of carbonyl (C=O) groups is 1. The fourth-order valence-corrected chi connectivity index (χ4v) is 1.39. The number of alkyl halides is 2. The van der Waals surface area contributed by atoms with Crippen LogP contribution in [-0.4, -0.2) is 11.7 Å². The molecule has 0 amide bonds. The van der Waals surface area contributed by atoms with Crippen LogP contribution in [0.1, 0.15) is 39.5 Å². The van der Waals surface area contributed by atoms with Crippen molar-refractivity contribution in [3.8, 4) is 0 Å². The highest BCUT2D eigenvalue weighted by Crippen LogP contribution is 2.38. The van der Waals surface area contributed by atoms with E-state index < -0.39 is 11.7 Å². The van der Waals surface area contributed by atoms with Crippen LogP contribution in [0.4, 0.5) is 8.78 Å². The highest BCUT2D eigenvalue weighted by atomic mass is 19.3. The zero-order valence-electron chi connectivity index (χ0n) is 7.49. The van der Waals surface area contributed by atoms with E-state index in [1.165, 1.54) is 0 Å². The van der Waals surface area contributed by atoms with Gasteiger partial charge in [-0.1, -0.05) is 13.8 Å². The first-order chi connectivity index (χ1) is 5.33. The molecule has 0 bridgehead atoms. The maximum Gasteiger partial charge on any atom is 0.305 e. The van der Waals surface area contributed by atoms with Gasteiger partial charge in [-0.05, 0) is 18.3 Å². The average Bonchev–Trinajstić information content (AvgIpc) is 2.03. The summed E-state index contributed by atoms with van der Waals surface area (Å²) >= 11 is 0. The van der Waals surface area contributed by atoms with Crippen molar-refractivity contribution < 1.29 is 13.6 Å². The van der Waals surface area contributed by atoms with Crippen LogP contribution >= 0.6 is 0 Å². The molecular weight excluding hydrogens is 162 g/mol. The molecule has 1 rings (SSSR count). The normalized spacial score (nSPS) is 28.2. The molecule has 0 unspecified atom stereocenters. The summed E-state index contributed by atoms with van der Waals surface area (Å²) in [5, 5.41) is 0. The van der Waals surface area contributed by atoms with Crippen LogP contribution in [0.5, 0.6) is 0 Å². The van der Waals surface area contributed by atoms with E-state index in [9.17, 15) is 13.6 Å². The van der Waals surface area contributed by atoms with Gasteiger partial charge in [-0.2, -0.15) is 8.78 Å². The predicted molar refractivity (Wildman–Crippen MR) is 42.2 cm³/mol. The summed E-state index contributed by atoms with van der Waals surface area (Å²) < 4.78 is 25.7. The van der Waals surface area contributed by atoms with E-state index in [0.717, 1.165) is 0 Å². The number of halogens is 2. The summed E-state index contributed by atoms with van der Waals surface area (Å²) in [6.07, 6.45) is 0.770. The lowest BCUT2D eigenvalue weighted by Gasteiger charge is -2.20. The molecule has 0 N–H and O–H groups in total. The smallest absolute Gasteiger partial charge is 0.293 e. The molecule has 0 heterocycles. The zero-order valence-corrected chi connectivity index (χ0v) is 7.49. The third kappa shape index (κ3) is 2.02. The van der Waals surface area contributed by atoms with Crippen molar-refractivity contribution in [2.75, 3.05) is 0 Å². The van der Waals surface area contributed by atoms with Gasteiger partial charge in [0.05, 0.1) is 0 Å². The molecule has 0 aliphatic heterocycles. The van der Waals surface area contributed by atoms with E-state index in [1.807, 2.05) is 13.8 Å². The number of hydrogen-bond acceptors (Lipinski definition) is 1. The van der Waals surface area contributed by atoms with E-state index in [4.69, 9.17) is 0 Å². The van der Waals surface area contributed by atoms with Gasteiger partial charge in [0.25, 0.3) is 0 Å². The van der Waals surface area contributed by atoms with Crippen molar-refractivity contribution >= 4 is 5.78 Å². The van der Waals surface area contributed by atoms with E-state index in [0.29, 0.717) is 12.8 Å². The molecule has 1 fully saturated rings. The Morgan fingerprint density at radius 3 is 2.33 bits per heavy atom. The summed E-state index contributed by atoms with van der Waals surface area (Å²) in [6, 6.07) is 0. The molecule has 0 aromatic heterocycles. The van der Waals surface area contributed by atoms with Gasteiger partial charge in [0.1, 0.15) is 0 Å². The topological polar surface area (TPSA) is 17.1 Å². The maximum atomic E-state index is 12.9. The van der Waals surface area contributed by atoms with Crippen LogP contribution in [0.3, 0.4) is 0 Å². The Morgan fingerprint density at radius 1 is 1.17 bits per heavy atom. The largest absolute Gasteiger partial charge is 0.305 e. The molecule has 1 aliphatic rings. The molecule has 0 spiro atoms. The molecule has 0 atom stereocenters. The van der Waals surface area contributed by atoms with Gasteiger partial charge in [-0.25, -0.2) is 0 Å². The second kappa shape index (κ2) is 2.79. The zero-order chi connectivity index (χ0) is 9.41. The Kier molecular flexibility index (Phi) is 2.23. The standard InChI is InChI=1S/C9H14F2O/c1-8(2)4-3-7(12)9(10,11)6-5-8/h3-6H2,1-2H3. The summed E-state index contributed by atoms with van der Waals surface area (Å²) in [7, 11) is 0. The minimum absolute atomic E-state index is 0.0278. The van der Waals surface area contributed by atoms with Crippen molar-refractivity contribution in [3.63, 3.8) is 0 Å². The molecule has 0 aromatic carbocycles. The van der Waals surface area contributed by atoms with Crippen LogP contribution in [-0.2, 0) is 4.79 Å². The lowest BCUT2D eigenvalue weighted by molar-refractivity contribution is -0.143. The highest BCUT2D eigenvalue weighted by Gasteiger charge is 2.42. The van der Waals surface area contributed by atoms with Gasteiger partial charge < -0.3 is 0 Å². The van der Waals surface area contributed by atoms with Crippen molar-refractivity contribution in [2.45, 2.75) is 45.5 Å². The van der Waals surface area contributed by atoms with Crippen LogP contribution in [0.2, 0.25) is 0 Å². The minimum atomic E-state index is -3.06. The molecule has 0 saturated heterocycles. The molecular formula is C9H14F2O. The van der Waals surface area contributed by atoms with Gasteiger partial charge in [0.15, 0.2) is 0 Å². The summed E-state index contributed by atoms with van der Waals surface area (Å²) in [6.45, 7) is 3.86. The average molecular weight is 176 g/mol. The second-order valence-corrected chi connectivity index (χ2v) is 4.29. The first-order valence-corrected chi connectivity index (χ1v) is 4.25. The minimum Gasteiger partial charge on any atom is -0.293 e. The van der Waals surface area contributed by atoms with Gasteiger partial charge >= 0.3 is 5.92 Å². The summed E-state index contributed by atoms with van der Waals surface area (Å²) in [5.41, 5.74) is -0.102. The molecule has 3 heteroatoms. The second-order valence-electron chi connectivity index (χ2n) is 4.29. The molecule has 0 aromatic rings. The van der Waals surface area contributed by atoms with Crippen LogP contribution < -0.4 is 0 Å². The molecule has 1 nitrogen and oxygen atoms in total. The van der Waals surface area contributed by atoms with Crippen LogP contribution in [0.25, 0.3) is 0 Å². The quantitative estimate of drug-likeness (QED) is 0.519.